The minimum absolute atomic E-state index is 0.0298. The van der Waals surface area contributed by atoms with Crippen molar-refractivity contribution in [2.75, 3.05) is 0 Å². The molecule has 1 aliphatic rings. The Kier molecular flexibility index (Phi) is 1.68. The van der Waals surface area contributed by atoms with Crippen LogP contribution in [0.15, 0.2) is 6.07 Å². The lowest BCUT2D eigenvalue weighted by Crippen LogP contribution is -2.11. The highest BCUT2D eigenvalue weighted by Crippen LogP contribution is 2.49. The van der Waals surface area contributed by atoms with Crippen molar-refractivity contribution in [2.24, 2.45) is 0 Å². The Labute approximate surface area is 82.6 Å². The molecule has 1 aliphatic carbocycles. The summed E-state index contributed by atoms with van der Waals surface area (Å²) < 4.78 is 0. The Morgan fingerprint density at radius 2 is 1.79 bits per heavy atom. The van der Waals surface area contributed by atoms with Crippen LogP contribution in [0.5, 0.6) is 17.2 Å². The Morgan fingerprint density at radius 3 is 2.43 bits per heavy atom. The fourth-order valence-corrected chi connectivity index (χ4v) is 2.11. The van der Waals surface area contributed by atoms with Gasteiger partial charge in [-0.3, -0.25) is 0 Å². The van der Waals surface area contributed by atoms with E-state index in [1.165, 1.54) is 0 Å². The number of aromatic hydroxyl groups is 3. The Morgan fingerprint density at radius 1 is 1.14 bits per heavy atom. The molecule has 2 rings (SSSR count). The lowest BCUT2D eigenvalue weighted by molar-refractivity contribution is 0.365. The van der Waals surface area contributed by atoms with Crippen LogP contribution in [0.25, 0.3) is 0 Å². The quantitative estimate of drug-likeness (QED) is 0.554. The maximum Gasteiger partial charge on any atom is 0.200 e. The molecule has 0 saturated carbocycles. The van der Waals surface area contributed by atoms with E-state index >= 15 is 0 Å². The molecule has 0 atom stereocenters. The van der Waals surface area contributed by atoms with Gasteiger partial charge in [0.15, 0.2) is 11.5 Å². The summed E-state index contributed by atoms with van der Waals surface area (Å²) in [6.45, 7) is 4.13. The minimum atomic E-state index is -0.401. The highest BCUT2D eigenvalue weighted by molar-refractivity contribution is 5.60. The zero-order chi connectivity index (χ0) is 10.5. The van der Waals surface area contributed by atoms with Crippen LogP contribution in [-0.4, -0.2) is 15.3 Å². The van der Waals surface area contributed by atoms with Gasteiger partial charge in [0, 0.05) is 5.56 Å². The van der Waals surface area contributed by atoms with Crippen molar-refractivity contribution in [3.63, 3.8) is 0 Å². The molecule has 0 spiro atoms. The first-order valence-electron chi connectivity index (χ1n) is 4.71. The van der Waals surface area contributed by atoms with Gasteiger partial charge in [-0.2, -0.15) is 0 Å². The van der Waals surface area contributed by atoms with E-state index in [-0.39, 0.29) is 16.9 Å². The van der Waals surface area contributed by atoms with Gasteiger partial charge in [0.25, 0.3) is 0 Å². The zero-order valence-corrected chi connectivity index (χ0v) is 8.33. The van der Waals surface area contributed by atoms with E-state index in [1.54, 1.807) is 6.07 Å². The van der Waals surface area contributed by atoms with Gasteiger partial charge in [-0.1, -0.05) is 13.8 Å². The average Bonchev–Trinajstić information content (AvgIpc) is 2.39. The van der Waals surface area contributed by atoms with E-state index in [2.05, 4.69) is 13.8 Å². The van der Waals surface area contributed by atoms with Crippen molar-refractivity contribution >= 4 is 0 Å². The Balaban J connectivity index is 2.71. The van der Waals surface area contributed by atoms with Crippen molar-refractivity contribution in [3.8, 4) is 17.2 Å². The number of hydrogen-bond acceptors (Lipinski definition) is 3. The smallest absolute Gasteiger partial charge is 0.200 e. The molecular weight excluding hydrogens is 180 g/mol. The molecule has 1 aromatic carbocycles. The first-order valence-corrected chi connectivity index (χ1v) is 4.71. The van der Waals surface area contributed by atoms with Gasteiger partial charge in [-0.25, -0.2) is 0 Å². The third-order valence-electron chi connectivity index (χ3n) is 3.09. The summed E-state index contributed by atoms with van der Waals surface area (Å²) in [6, 6.07) is 1.55. The number of phenolic OH excluding ortho intramolecular Hbond substituents is 3. The number of rotatable bonds is 0. The first kappa shape index (κ1) is 9.19. The predicted octanol–water partition coefficient (Wildman–Crippen LogP) is 2.03. The largest absolute Gasteiger partial charge is 0.504 e. The molecular formula is C11H14O3. The summed E-state index contributed by atoms with van der Waals surface area (Å²) in [5, 5.41) is 28.3. The molecule has 0 unspecified atom stereocenters. The second kappa shape index (κ2) is 2.56. The van der Waals surface area contributed by atoms with Crippen LogP contribution in [0.3, 0.4) is 0 Å². The van der Waals surface area contributed by atoms with Gasteiger partial charge < -0.3 is 15.3 Å². The Bertz CT molecular complexity index is 394. The molecule has 0 saturated heterocycles. The van der Waals surface area contributed by atoms with Gasteiger partial charge in [0.2, 0.25) is 5.75 Å². The normalized spacial score (nSPS) is 18.1. The molecule has 76 valence electrons. The molecule has 0 heterocycles. The molecule has 0 radical (unpaired) electrons. The van der Waals surface area contributed by atoms with Gasteiger partial charge in [-0.05, 0) is 29.9 Å². The molecule has 3 heteroatoms. The maximum absolute atomic E-state index is 9.62. The van der Waals surface area contributed by atoms with Crippen molar-refractivity contribution in [2.45, 2.75) is 32.1 Å². The molecule has 0 amide bonds. The average molecular weight is 194 g/mol. The third-order valence-corrected chi connectivity index (χ3v) is 3.09. The Hall–Kier alpha value is -1.38. The van der Waals surface area contributed by atoms with Gasteiger partial charge in [0.1, 0.15) is 0 Å². The molecule has 14 heavy (non-hydrogen) atoms. The molecule has 0 aliphatic heterocycles. The van der Waals surface area contributed by atoms with Crippen molar-refractivity contribution in [3.05, 3.63) is 17.2 Å². The number of phenols is 3. The third kappa shape index (κ3) is 1.05. The standard InChI is InChI=1S/C11H14O3/c1-11(2)4-3-6-7(11)5-8(12)10(14)9(6)13/h5,12-14H,3-4H2,1-2H3. The number of hydrogen-bond donors (Lipinski definition) is 3. The lowest BCUT2D eigenvalue weighted by Gasteiger charge is -2.19. The van der Waals surface area contributed by atoms with Crippen molar-refractivity contribution in [1.29, 1.82) is 0 Å². The second-order valence-electron chi connectivity index (χ2n) is 4.50. The highest BCUT2D eigenvalue weighted by atomic mass is 16.3. The van der Waals surface area contributed by atoms with Crippen LogP contribution in [0.4, 0.5) is 0 Å². The zero-order valence-electron chi connectivity index (χ0n) is 8.33. The van der Waals surface area contributed by atoms with Gasteiger partial charge >= 0.3 is 0 Å². The van der Waals surface area contributed by atoms with Crippen LogP contribution >= 0.6 is 0 Å². The summed E-state index contributed by atoms with van der Waals surface area (Å²) >= 11 is 0. The number of benzene rings is 1. The molecule has 1 aromatic rings. The molecule has 0 bridgehead atoms. The molecule has 3 nitrogen and oxygen atoms in total. The van der Waals surface area contributed by atoms with Crippen molar-refractivity contribution < 1.29 is 15.3 Å². The molecule has 0 fully saturated rings. The van der Waals surface area contributed by atoms with E-state index in [4.69, 9.17) is 0 Å². The summed E-state index contributed by atoms with van der Waals surface area (Å²) in [4.78, 5) is 0. The SMILES string of the molecule is CC1(C)CCc2c1cc(O)c(O)c2O. The monoisotopic (exact) mass is 194 g/mol. The topological polar surface area (TPSA) is 60.7 Å². The van der Waals surface area contributed by atoms with E-state index in [9.17, 15) is 15.3 Å². The van der Waals surface area contributed by atoms with Crippen LogP contribution in [0.1, 0.15) is 31.4 Å². The fraction of sp³-hybridized carbons (Fsp3) is 0.455. The van der Waals surface area contributed by atoms with E-state index in [0.29, 0.717) is 0 Å². The summed E-state index contributed by atoms with van der Waals surface area (Å²) in [5.74, 6) is -0.803. The van der Waals surface area contributed by atoms with E-state index in [1.807, 2.05) is 0 Å². The second-order valence-corrected chi connectivity index (χ2v) is 4.50. The van der Waals surface area contributed by atoms with Gasteiger partial charge in [0.05, 0.1) is 0 Å². The van der Waals surface area contributed by atoms with Crippen molar-refractivity contribution in [1.82, 2.24) is 0 Å². The van der Waals surface area contributed by atoms with Crippen LogP contribution < -0.4 is 0 Å². The summed E-state index contributed by atoms with van der Waals surface area (Å²) in [5.41, 5.74) is 1.67. The predicted molar refractivity (Wildman–Crippen MR) is 52.8 cm³/mol. The van der Waals surface area contributed by atoms with Gasteiger partial charge in [-0.15, -0.1) is 0 Å². The molecule has 3 N–H and O–H groups in total. The maximum atomic E-state index is 9.62. The highest BCUT2D eigenvalue weighted by Gasteiger charge is 2.33. The molecule has 0 aromatic heterocycles. The summed E-state index contributed by atoms with van der Waals surface area (Å²) in [6.07, 6.45) is 1.68. The first-order chi connectivity index (χ1) is 6.43. The van der Waals surface area contributed by atoms with E-state index < -0.39 is 5.75 Å². The number of fused-ring (bicyclic) bond motifs is 1. The van der Waals surface area contributed by atoms with Crippen LogP contribution in [0.2, 0.25) is 0 Å². The van der Waals surface area contributed by atoms with Crippen LogP contribution in [-0.2, 0) is 11.8 Å². The summed E-state index contributed by atoms with van der Waals surface area (Å²) in [7, 11) is 0. The lowest BCUT2D eigenvalue weighted by atomic mass is 9.86. The fourth-order valence-electron chi connectivity index (χ4n) is 2.11. The minimum Gasteiger partial charge on any atom is -0.504 e. The van der Waals surface area contributed by atoms with Crippen LogP contribution in [0, 0.1) is 0 Å². The van der Waals surface area contributed by atoms with E-state index in [0.717, 1.165) is 24.0 Å².